The van der Waals surface area contributed by atoms with Crippen LogP contribution in [0.25, 0.3) is 0 Å². The van der Waals surface area contributed by atoms with Crippen molar-refractivity contribution in [2.24, 2.45) is 5.41 Å². The first-order chi connectivity index (χ1) is 8.39. The van der Waals surface area contributed by atoms with Crippen molar-refractivity contribution in [2.45, 2.75) is 33.2 Å². The van der Waals surface area contributed by atoms with Crippen LogP contribution >= 0.6 is 0 Å². The standard InChI is InChI=1S/C14H18FNO2/c1-14(2,3)13(17)16-12(7-8-18-16)10-5-4-6-11(15)9-10/h4-6,9,12H,7-8H2,1-3H3. The predicted octanol–water partition coefficient (Wildman–Crippen LogP) is 3.08. The molecule has 0 bridgehead atoms. The Labute approximate surface area is 106 Å². The molecular weight excluding hydrogens is 233 g/mol. The summed E-state index contributed by atoms with van der Waals surface area (Å²) in [6.07, 6.45) is 0.700. The van der Waals surface area contributed by atoms with Gasteiger partial charge in [-0.2, -0.15) is 0 Å². The summed E-state index contributed by atoms with van der Waals surface area (Å²) in [5.41, 5.74) is 0.278. The van der Waals surface area contributed by atoms with E-state index < -0.39 is 5.41 Å². The van der Waals surface area contributed by atoms with Crippen LogP contribution in [0.15, 0.2) is 24.3 Å². The molecule has 0 radical (unpaired) electrons. The molecule has 1 aliphatic heterocycles. The summed E-state index contributed by atoms with van der Waals surface area (Å²) in [7, 11) is 0. The molecule has 1 unspecified atom stereocenters. The Morgan fingerprint density at radius 2 is 2.17 bits per heavy atom. The average molecular weight is 251 g/mol. The molecule has 2 rings (SSSR count). The zero-order chi connectivity index (χ0) is 13.3. The van der Waals surface area contributed by atoms with Gasteiger partial charge in [-0.25, -0.2) is 9.45 Å². The molecule has 0 spiro atoms. The zero-order valence-electron chi connectivity index (χ0n) is 10.9. The van der Waals surface area contributed by atoms with Gasteiger partial charge in [0.15, 0.2) is 0 Å². The summed E-state index contributed by atoms with van der Waals surface area (Å²) in [4.78, 5) is 17.7. The van der Waals surface area contributed by atoms with E-state index in [2.05, 4.69) is 0 Å². The van der Waals surface area contributed by atoms with Crippen LogP contribution in [0.2, 0.25) is 0 Å². The number of carbonyl (C=O) groups excluding carboxylic acids is 1. The molecule has 1 amide bonds. The largest absolute Gasteiger partial charge is 0.272 e. The number of halogens is 1. The van der Waals surface area contributed by atoms with Gasteiger partial charge in [0.25, 0.3) is 5.91 Å². The van der Waals surface area contributed by atoms with Crippen molar-refractivity contribution in [2.75, 3.05) is 6.61 Å². The maximum Gasteiger partial charge on any atom is 0.252 e. The molecule has 1 aromatic rings. The van der Waals surface area contributed by atoms with E-state index in [1.54, 1.807) is 6.07 Å². The molecule has 1 fully saturated rings. The third-order valence-corrected chi connectivity index (χ3v) is 2.98. The summed E-state index contributed by atoms with van der Waals surface area (Å²) in [6, 6.07) is 6.15. The van der Waals surface area contributed by atoms with Gasteiger partial charge < -0.3 is 0 Å². The number of carbonyl (C=O) groups is 1. The van der Waals surface area contributed by atoms with Crippen LogP contribution in [-0.2, 0) is 9.63 Å². The van der Waals surface area contributed by atoms with Crippen molar-refractivity contribution in [3.05, 3.63) is 35.6 Å². The number of hydrogen-bond donors (Lipinski definition) is 0. The molecule has 4 heteroatoms. The van der Waals surface area contributed by atoms with Crippen molar-refractivity contribution in [3.63, 3.8) is 0 Å². The molecule has 3 nitrogen and oxygen atoms in total. The number of rotatable bonds is 1. The van der Waals surface area contributed by atoms with Crippen molar-refractivity contribution < 1.29 is 14.0 Å². The normalized spacial score (nSPS) is 20.2. The van der Waals surface area contributed by atoms with E-state index in [1.165, 1.54) is 17.2 Å². The van der Waals surface area contributed by atoms with Crippen LogP contribution in [0, 0.1) is 11.2 Å². The molecule has 0 saturated carbocycles. The Balaban J connectivity index is 2.25. The summed E-state index contributed by atoms with van der Waals surface area (Å²) in [5, 5.41) is 1.40. The second kappa shape index (κ2) is 4.69. The van der Waals surface area contributed by atoms with E-state index >= 15 is 0 Å². The highest BCUT2D eigenvalue weighted by Gasteiger charge is 2.37. The predicted molar refractivity (Wildman–Crippen MR) is 66.0 cm³/mol. The van der Waals surface area contributed by atoms with E-state index in [9.17, 15) is 9.18 Å². The zero-order valence-corrected chi connectivity index (χ0v) is 10.9. The molecule has 1 saturated heterocycles. The van der Waals surface area contributed by atoms with Gasteiger partial charge in [-0.15, -0.1) is 0 Å². The fourth-order valence-corrected chi connectivity index (χ4v) is 2.02. The van der Waals surface area contributed by atoms with Crippen LogP contribution in [0.1, 0.15) is 38.8 Å². The molecule has 1 aliphatic rings. The van der Waals surface area contributed by atoms with Gasteiger partial charge in [0.1, 0.15) is 5.82 Å². The number of nitrogens with zero attached hydrogens (tertiary/aromatic N) is 1. The van der Waals surface area contributed by atoms with Gasteiger partial charge in [-0.05, 0) is 17.7 Å². The number of hydroxylamine groups is 2. The van der Waals surface area contributed by atoms with Crippen LogP contribution in [0.4, 0.5) is 4.39 Å². The molecule has 18 heavy (non-hydrogen) atoms. The lowest BCUT2D eigenvalue weighted by Crippen LogP contribution is -2.38. The molecule has 1 atom stereocenters. The number of benzene rings is 1. The smallest absolute Gasteiger partial charge is 0.252 e. The Morgan fingerprint density at radius 1 is 1.44 bits per heavy atom. The minimum atomic E-state index is -0.504. The molecule has 1 aromatic carbocycles. The van der Waals surface area contributed by atoms with E-state index in [0.29, 0.717) is 13.0 Å². The Kier molecular flexibility index (Phi) is 3.39. The van der Waals surface area contributed by atoms with Crippen LogP contribution in [0.5, 0.6) is 0 Å². The van der Waals surface area contributed by atoms with Gasteiger partial charge in [-0.1, -0.05) is 32.9 Å². The number of amides is 1. The van der Waals surface area contributed by atoms with Gasteiger partial charge in [-0.3, -0.25) is 9.63 Å². The SMILES string of the molecule is CC(C)(C)C(=O)N1OCCC1c1cccc(F)c1. The topological polar surface area (TPSA) is 29.5 Å². The van der Waals surface area contributed by atoms with E-state index in [1.807, 2.05) is 26.8 Å². The highest BCUT2D eigenvalue weighted by atomic mass is 19.1. The first-order valence-corrected chi connectivity index (χ1v) is 6.11. The lowest BCUT2D eigenvalue weighted by atomic mass is 9.94. The van der Waals surface area contributed by atoms with E-state index in [4.69, 9.17) is 4.84 Å². The van der Waals surface area contributed by atoms with Gasteiger partial charge in [0, 0.05) is 11.8 Å². The highest BCUT2D eigenvalue weighted by Crippen LogP contribution is 2.34. The van der Waals surface area contributed by atoms with Gasteiger partial charge in [0.2, 0.25) is 0 Å². The Morgan fingerprint density at radius 3 is 2.78 bits per heavy atom. The van der Waals surface area contributed by atoms with Gasteiger partial charge in [0.05, 0.1) is 12.6 Å². The minimum Gasteiger partial charge on any atom is -0.272 e. The fraction of sp³-hybridized carbons (Fsp3) is 0.500. The van der Waals surface area contributed by atoms with Crippen molar-refractivity contribution >= 4 is 5.91 Å². The second-order valence-electron chi connectivity index (χ2n) is 5.57. The third kappa shape index (κ3) is 2.53. The molecule has 98 valence electrons. The van der Waals surface area contributed by atoms with Crippen molar-refractivity contribution in [3.8, 4) is 0 Å². The summed E-state index contributed by atoms with van der Waals surface area (Å²) < 4.78 is 13.2. The first kappa shape index (κ1) is 13.0. The summed E-state index contributed by atoms with van der Waals surface area (Å²) in [6.45, 7) is 6.03. The Hall–Kier alpha value is -1.42. The van der Waals surface area contributed by atoms with Gasteiger partial charge >= 0.3 is 0 Å². The summed E-state index contributed by atoms with van der Waals surface area (Å²) in [5.74, 6) is -0.364. The van der Waals surface area contributed by atoms with E-state index in [0.717, 1.165) is 5.56 Å². The maximum atomic E-state index is 13.2. The first-order valence-electron chi connectivity index (χ1n) is 6.11. The molecular formula is C14H18FNO2. The van der Waals surface area contributed by atoms with Crippen molar-refractivity contribution in [1.82, 2.24) is 5.06 Å². The fourth-order valence-electron chi connectivity index (χ4n) is 2.02. The Bertz CT molecular complexity index is 453. The van der Waals surface area contributed by atoms with Crippen LogP contribution < -0.4 is 0 Å². The van der Waals surface area contributed by atoms with Crippen LogP contribution in [-0.4, -0.2) is 17.6 Å². The molecule has 1 heterocycles. The quantitative estimate of drug-likeness (QED) is 0.767. The molecule has 0 aliphatic carbocycles. The highest BCUT2D eigenvalue weighted by molar-refractivity contribution is 5.81. The molecule has 0 aromatic heterocycles. The molecule has 0 N–H and O–H groups in total. The number of hydrogen-bond acceptors (Lipinski definition) is 2. The minimum absolute atomic E-state index is 0.0748. The monoisotopic (exact) mass is 251 g/mol. The maximum absolute atomic E-state index is 13.2. The summed E-state index contributed by atoms with van der Waals surface area (Å²) >= 11 is 0. The van der Waals surface area contributed by atoms with Crippen molar-refractivity contribution in [1.29, 1.82) is 0 Å². The average Bonchev–Trinajstić information content (AvgIpc) is 2.75. The third-order valence-electron chi connectivity index (χ3n) is 2.98. The second-order valence-corrected chi connectivity index (χ2v) is 5.57. The lowest BCUT2D eigenvalue weighted by molar-refractivity contribution is -0.186. The van der Waals surface area contributed by atoms with Crippen LogP contribution in [0.3, 0.4) is 0 Å². The lowest BCUT2D eigenvalue weighted by Gasteiger charge is -2.29. The van der Waals surface area contributed by atoms with E-state index in [-0.39, 0.29) is 17.8 Å².